The van der Waals surface area contributed by atoms with Gasteiger partial charge in [0.25, 0.3) is 0 Å². The molecule has 1 N–H and O–H groups in total. The number of carbonyl (C=O) groups is 1. The number of anilines is 1. The third kappa shape index (κ3) is 9.91. The molecule has 5 rings (SSSR count). The third-order valence-corrected chi connectivity index (χ3v) is 13.8. The van der Waals surface area contributed by atoms with Gasteiger partial charge in [0.2, 0.25) is 0 Å². The fraction of sp³-hybridized carbons (Fsp3) is 0.714. The van der Waals surface area contributed by atoms with Gasteiger partial charge in [-0.25, -0.2) is 14.8 Å². The van der Waals surface area contributed by atoms with Crippen molar-refractivity contribution in [1.29, 1.82) is 0 Å². The molecule has 0 aromatic carbocycles. The summed E-state index contributed by atoms with van der Waals surface area (Å²) in [5.41, 5.74) is 2.07. The van der Waals surface area contributed by atoms with E-state index in [9.17, 15) is 9.90 Å². The lowest BCUT2D eigenvalue weighted by Crippen LogP contribution is -2.48. The van der Waals surface area contributed by atoms with Gasteiger partial charge in [0, 0.05) is 65.3 Å². The minimum absolute atomic E-state index is 0.116. The molecule has 2 bridgehead atoms. The Kier molecular flexibility index (Phi) is 11.7. The Morgan fingerprint density at radius 3 is 2.12 bits per heavy atom. The lowest BCUT2D eigenvalue weighted by molar-refractivity contribution is 0.00568. The van der Waals surface area contributed by atoms with Crippen LogP contribution in [0, 0.1) is 0 Å². The maximum Gasteiger partial charge on any atom is 0.410 e. The lowest BCUT2D eigenvalue weighted by atomic mass is 9.88. The first-order valence-corrected chi connectivity index (χ1v) is 26.1. The zero-order valence-corrected chi connectivity index (χ0v) is 34.1. The molecule has 11 nitrogen and oxygen atoms in total. The van der Waals surface area contributed by atoms with Crippen LogP contribution < -0.4 is 4.90 Å². The Morgan fingerprint density at radius 1 is 1.02 bits per heavy atom. The molecule has 0 spiro atoms. The molecule has 5 heterocycles. The van der Waals surface area contributed by atoms with Crippen LogP contribution in [0.3, 0.4) is 0 Å². The SMILES string of the molecule is CC(O)c1ncc(-c2cnn3c(N(COCC[Si](C)(C)C)COCC[Si](C)(C)C)cc(C4CC5CCC(C4)N5C(=O)OC(C)(C)C)nc23)s1. The Morgan fingerprint density at radius 2 is 1.61 bits per heavy atom. The molecule has 0 saturated carbocycles. The van der Waals surface area contributed by atoms with Crippen molar-refractivity contribution < 1.29 is 24.1 Å². The molecule has 3 aromatic rings. The van der Waals surface area contributed by atoms with Crippen molar-refractivity contribution >= 4 is 45.0 Å². The minimum atomic E-state index is -1.27. The van der Waals surface area contributed by atoms with E-state index in [1.54, 1.807) is 13.1 Å². The number of amides is 1. The van der Waals surface area contributed by atoms with Gasteiger partial charge < -0.3 is 29.1 Å². The number of carbonyl (C=O) groups excluding carboxylic acids is 1. The molecular weight excluding hydrogens is 673 g/mol. The highest BCUT2D eigenvalue weighted by atomic mass is 32.1. The third-order valence-electron chi connectivity index (χ3n) is 9.19. The van der Waals surface area contributed by atoms with Crippen molar-refractivity contribution in [2.75, 3.05) is 31.6 Å². The number of piperidine rings is 1. The molecule has 272 valence electrons. The maximum atomic E-state index is 13.3. The molecule has 14 heteroatoms. The van der Waals surface area contributed by atoms with Crippen LogP contribution in [0.15, 0.2) is 18.5 Å². The number of aliphatic hydroxyl groups excluding tert-OH is 1. The second kappa shape index (κ2) is 15.1. The van der Waals surface area contributed by atoms with E-state index in [2.05, 4.69) is 55.2 Å². The summed E-state index contributed by atoms with van der Waals surface area (Å²) in [4.78, 5) is 28.1. The van der Waals surface area contributed by atoms with Crippen LogP contribution in [0.4, 0.5) is 10.6 Å². The largest absolute Gasteiger partial charge is 0.444 e. The van der Waals surface area contributed by atoms with E-state index < -0.39 is 27.9 Å². The highest BCUT2D eigenvalue weighted by molar-refractivity contribution is 7.15. The van der Waals surface area contributed by atoms with Gasteiger partial charge in [-0.1, -0.05) is 39.3 Å². The van der Waals surface area contributed by atoms with Crippen molar-refractivity contribution in [3.05, 3.63) is 29.2 Å². The number of rotatable bonds is 14. The van der Waals surface area contributed by atoms with E-state index in [-0.39, 0.29) is 24.1 Å². The van der Waals surface area contributed by atoms with Crippen LogP contribution in [0.2, 0.25) is 51.4 Å². The van der Waals surface area contributed by atoms with Gasteiger partial charge in [0.05, 0.1) is 16.6 Å². The number of ether oxygens (including phenoxy) is 3. The number of thiazole rings is 1. The fourth-order valence-corrected chi connectivity index (χ4v) is 8.86. The Bertz CT molecular complexity index is 1540. The average Bonchev–Trinajstić information content (AvgIpc) is 3.70. The maximum absolute atomic E-state index is 13.3. The zero-order valence-electron chi connectivity index (χ0n) is 31.3. The summed E-state index contributed by atoms with van der Waals surface area (Å²) in [6.45, 7) is 23.8. The smallest absolute Gasteiger partial charge is 0.410 e. The molecule has 3 atom stereocenters. The first-order valence-electron chi connectivity index (χ1n) is 17.8. The van der Waals surface area contributed by atoms with Crippen LogP contribution in [-0.4, -0.2) is 96.2 Å². The first-order chi connectivity index (χ1) is 22.9. The normalized spacial score (nSPS) is 20.6. The Hall–Kier alpha value is -2.37. The van der Waals surface area contributed by atoms with E-state index in [4.69, 9.17) is 24.3 Å². The molecule has 0 radical (unpaired) electrons. The van der Waals surface area contributed by atoms with Crippen molar-refractivity contribution in [3.63, 3.8) is 0 Å². The van der Waals surface area contributed by atoms with Gasteiger partial charge in [0.15, 0.2) is 5.65 Å². The predicted molar refractivity (Wildman–Crippen MR) is 202 cm³/mol. The number of fused-ring (bicyclic) bond motifs is 3. The standard InChI is InChI=1S/C35H58N6O5SSi2/c1-24(42)33-36-21-30(47-33)28-20-37-41-31(39(22-44-13-15-48(5,6)7)23-45-14-16-49(8,9)10)19-29(38-32(28)41)25-17-26-11-12-27(18-25)40(26)34(43)46-35(2,3)4/h19-21,24-27,42H,11-18,22-23H2,1-10H3. The van der Waals surface area contributed by atoms with Crippen LogP contribution in [0.5, 0.6) is 0 Å². The highest BCUT2D eigenvalue weighted by Gasteiger charge is 2.45. The molecule has 1 amide bonds. The van der Waals surface area contributed by atoms with Gasteiger partial charge in [0.1, 0.15) is 36.0 Å². The quantitative estimate of drug-likeness (QED) is 0.100. The summed E-state index contributed by atoms with van der Waals surface area (Å²) < 4.78 is 20.4. The van der Waals surface area contributed by atoms with E-state index in [0.29, 0.717) is 31.7 Å². The van der Waals surface area contributed by atoms with Crippen LogP contribution in [-0.2, 0) is 14.2 Å². The van der Waals surface area contributed by atoms with Gasteiger partial charge in [-0.05, 0) is 65.5 Å². The number of nitrogens with zero attached hydrogens (tertiary/aromatic N) is 6. The summed E-state index contributed by atoms with van der Waals surface area (Å²) in [5.74, 6) is 1.04. The highest BCUT2D eigenvalue weighted by Crippen LogP contribution is 2.44. The summed E-state index contributed by atoms with van der Waals surface area (Å²) in [6, 6.07) is 4.55. The molecule has 49 heavy (non-hydrogen) atoms. The van der Waals surface area contributed by atoms with E-state index in [0.717, 1.165) is 65.4 Å². The molecule has 2 aliphatic rings. The van der Waals surface area contributed by atoms with E-state index in [1.165, 1.54) is 11.3 Å². The van der Waals surface area contributed by atoms with Gasteiger partial charge in [-0.3, -0.25) is 0 Å². The summed E-state index contributed by atoms with van der Waals surface area (Å²) in [5, 5.41) is 15.7. The summed E-state index contributed by atoms with van der Waals surface area (Å²) in [7, 11) is -2.54. The molecular formula is C35H58N6O5SSi2. The van der Waals surface area contributed by atoms with Gasteiger partial charge in [-0.2, -0.15) is 9.61 Å². The van der Waals surface area contributed by atoms with Crippen LogP contribution >= 0.6 is 11.3 Å². The second-order valence-corrected chi connectivity index (χ2v) is 29.6. The number of hydrogen-bond donors (Lipinski definition) is 1. The molecule has 2 aliphatic heterocycles. The lowest BCUT2D eigenvalue weighted by Gasteiger charge is -2.39. The number of aliphatic hydroxyl groups is 1. The van der Waals surface area contributed by atoms with E-state index >= 15 is 0 Å². The summed E-state index contributed by atoms with van der Waals surface area (Å²) >= 11 is 1.46. The van der Waals surface area contributed by atoms with E-state index in [1.807, 2.05) is 36.4 Å². The monoisotopic (exact) mass is 730 g/mol. The zero-order chi connectivity index (χ0) is 35.7. The minimum Gasteiger partial charge on any atom is -0.444 e. The van der Waals surface area contributed by atoms with Gasteiger partial charge >= 0.3 is 6.09 Å². The van der Waals surface area contributed by atoms with Gasteiger partial charge in [-0.15, -0.1) is 11.3 Å². The molecule has 2 fully saturated rings. The fourth-order valence-electron chi connectivity index (χ4n) is 6.49. The Labute approximate surface area is 298 Å². The average molecular weight is 731 g/mol. The molecule has 3 aromatic heterocycles. The second-order valence-electron chi connectivity index (χ2n) is 17.2. The van der Waals surface area contributed by atoms with Crippen molar-refractivity contribution in [2.45, 2.75) is 134 Å². The number of hydrogen-bond acceptors (Lipinski definition) is 10. The molecule has 0 aliphatic carbocycles. The topological polar surface area (TPSA) is 115 Å². The van der Waals surface area contributed by atoms with Crippen molar-refractivity contribution in [3.8, 4) is 10.4 Å². The van der Waals surface area contributed by atoms with Crippen molar-refractivity contribution in [2.24, 2.45) is 0 Å². The molecule has 2 saturated heterocycles. The predicted octanol–water partition coefficient (Wildman–Crippen LogP) is 7.98. The first kappa shape index (κ1) is 37.9. The Balaban J connectivity index is 1.51. The summed E-state index contributed by atoms with van der Waals surface area (Å²) in [6.07, 6.45) is 6.38. The van der Waals surface area contributed by atoms with Crippen molar-refractivity contribution in [1.82, 2.24) is 24.5 Å². The number of aromatic nitrogens is 4. The van der Waals surface area contributed by atoms with Crippen LogP contribution in [0.25, 0.3) is 16.1 Å². The molecule has 3 unspecified atom stereocenters. The van der Waals surface area contributed by atoms with Crippen LogP contribution in [0.1, 0.15) is 76.1 Å².